The molecule has 0 fully saturated rings. The Kier molecular flexibility index (Phi) is 18.3. The molecule has 0 aromatic heterocycles. The van der Waals surface area contributed by atoms with Gasteiger partial charge in [0.05, 0.1) is 12.5 Å². The van der Waals surface area contributed by atoms with Gasteiger partial charge in [-0.3, -0.25) is 14.4 Å². The number of carbonyl (C=O) groups is 3. The second kappa shape index (κ2) is 22.0. The van der Waals surface area contributed by atoms with Crippen LogP contribution in [-0.4, -0.2) is 44.4 Å². The number of hydrogen-bond acceptors (Lipinski definition) is 7. The smallest absolute Gasteiger partial charge is 0.530 e. The normalized spacial score (nSPS) is 10.7. The van der Waals surface area contributed by atoms with Crippen LogP contribution in [0.4, 0.5) is 0 Å². The molecule has 0 spiro atoms. The summed E-state index contributed by atoms with van der Waals surface area (Å²) in [4.78, 5) is 44.5. The van der Waals surface area contributed by atoms with Crippen molar-refractivity contribution >= 4 is 24.2 Å². The molecule has 4 aromatic carbocycles. The molecule has 0 radical (unpaired) electrons. The molecule has 10 nitrogen and oxygen atoms in total. The number of primary amides is 1. The van der Waals surface area contributed by atoms with Crippen molar-refractivity contribution in [2.24, 2.45) is 11.1 Å². The Balaban J connectivity index is 0.000000469. The van der Waals surface area contributed by atoms with Crippen LogP contribution in [0.15, 0.2) is 109 Å². The Morgan fingerprint density at radius 1 is 0.750 bits per heavy atom. The predicted molar refractivity (Wildman–Crippen MR) is 196 cm³/mol. The molecule has 0 unspecified atom stereocenters. The van der Waals surface area contributed by atoms with Gasteiger partial charge in [0, 0.05) is 5.41 Å². The zero-order valence-corrected chi connectivity index (χ0v) is 30.2. The summed E-state index contributed by atoms with van der Waals surface area (Å²) >= 11 is 0. The Morgan fingerprint density at radius 2 is 1.19 bits per heavy atom. The van der Waals surface area contributed by atoms with E-state index >= 15 is 0 Å². The maximum absolute atomic E-state index is 11.7. The van der Waals surface area contributed by atoms with Gasteiger partial charge < -0.3 is 49.2 Å². The van der Waals surface area contributed by atoms with Crippen molar-refractivity contribution in [2.45, 2.75) is 44.8 Å². The Morgan fingerprint density at radius 3 is 1.56 bits per heavy atom. The molecule has 0 aliphatic heterocycles. The van der Waals surface area contributed by atoms with Crippen molar-refractivity contribution in [3.63, 3.8) is 0 Å². The molecular formula is C41H46LiN3O7-2. The van der Waals surface area contributed by atoms with Crippen molar-refractivity contribution in [3.8, 4) is 11.5 Å². The summed E-state index contributed by atoms with van der Waals surface area (Å²) in [7, 11) is 1.19. The minimum atomic E-state index is -1.46. The number of hydrogen-bond donors (Lipinski definition) is 3. The summed E-state index contributed by atoms with van der Waals surface area (Å²) in [6.07, 6.45) is 2.49. The van der Waals surface area contributed by atoms with Crippen LogP contribution in [0.2, 0.25) is 0 Å². The first-order chi connectivity index (χ1) is 24.6. The second-order valence-corrected chi connectivity index (χ2v) is 11.9. The molecular weight excluding hydrogens is 653 g/mol. The third-order valence-electron chi connectivity index (χ3n) is 8.68. The fraction of sp³-hybridized carbons (Fsp3) is 0.268. The summed E-state index contributed by atoms with van der Waals surface area (Å²) < 4.78 is 16.3. The molecule has 52 heavy (non-hydrogen) atoms. The first kappa shape index (κ1) is 43.1. The van der Waals surface area contributed by atoms with Gasteiger partial charge in [0.1, 0.15) is 31.3 Å². The number of amides is 3. The first-order valence-corrected chi connectivity index (χ1v) is 16.5. The standard InChI is InChI=1S/C31H30NO3.C10H16N2O4.Li/c1-31(20-21-32-24-33,27-12-16-29(17-13-27)34-22-25-8-4-2-5-9-25)28-14-18-30(19-15-28)35-23-26-10-6-3-7-11-26;1-4-10(5-2,8(11)14)9(15)12-6-7(13)16-3;/h2-19H,20-23H2,1H3,(H,32,33);1-2,4-6H2,3H3,(H2,11,14)(H,12,15);/q-1;-2;+1. The van der Waals surface area contributed by atoms with E-state index in [1.807, 2.05) is 60.7 Å². The topological polar surface area (TPSA) is 146 Å². The Bertz CT molecular complexity index is 1580. The van der Waals surface area contributed by atoms with Crippen molar-refractivity contribution < 1.29 is 52.2 Å². The van der Waals surface area contributed by atoms with E-state index in [1.165, 1.54) is 7.11 Å². The molecule has 0 aliphatic carbocycles. The molecule has 0 saturated heterocycles. The van der Waals surface area contributed by atoms with Crippen molar-refractivity contribution in [2.75, 3.05) is 20.2 Å². The van der Waals surface area contributed by atoms with Crippen LogP contribution < -0.4 is 44.7 Å². The van der Waals surface area contributed by atoms with Crippen molar-refractivity contribution in [1.82, 2.24) is 10.6 Å². The zero-order valence-electron chi connectivity index (χ0n) is 30.2. The molecule has 0 heterocycles. The van der Waals surface area contributed by atoms with E-state index in [1.54, 1.807) is 6.41 Å². The van der Waals surface area contributed by atoms with E-state index in [9.17, 15) is 19.2 Å². The molecule has 270 valence electrons. The summed E-state index contributed by atoms with van der Waals surface area (Å²) in [6, 6.07) is 36.7. The van der Waals surface area contributed by atoms with Crippen LogP contribution in [0.25, 0.3) is 0 Å². The fourth-order valence-electron chi connectivity index (χ4n) is 5.24. The van der Waals surface area contributed by atoms with Gasteiger partial charge in [-0.25, -0.2) is 0 Å². The zero-order chi connectivity index (χ0) is 37.1. The Hall–Kier alpha value is -5.04. The molecule has 0 atom stereocenters. The number of carbonyl (C=O) groups excluding carboxylic acids is 4. The average molecular weight is 700 g/mol. The van der Waals surface area contributed by atoms with Gasteiger partial charge in [0.25, 0.3) is 0 Å². The van der Waals surface area contributed by atoms with E-state index in [4.69, 9.17) is 15.2 Å². The summed E-state index contributed by atoms with van der Waals surface area (Å²) in [5.41, 5.74) is 7.93. The number of rotatable bonds is 18. The molecule has 0 bridgehead atoms. The first-order valence-electron chi connectivity index (χ1n) is 16.5. The van der Waals surface area contributed by atoms with Gasteiger partial charge in [-0.15, -0.1) is 0 Å². The monoisotopic (exact) mass is 699 g/mol. The van der Waals surface area contributed by atoms with Gasteiger partial charge in [-0.1, -0.05) is 91.9 Å². The van der Waals surface area contributed by atoms with Crippen LogP contribution in [-0.2, 0) is 42.5 Å². The van der Waals surface area contributed by atoms with Gasteiger partial charge in [0.2, 0.25) is 11.8 Å². The largest absolute Gasteiger partial charge is 1.00 e. The molecule has 4 rings (SSSR count). The van der Waals surface area contributed by atoms with E-state index in [-0.39, 0.29) is 43.7 Å². The van der Waals surface area contributed by atoms with Crippen LogP contribution >= 0.6 is 0 Å². The van der Waals surface area contributed by atoms with Gasteiger partial charge in [-0.2, -0.15) is 19.3 Å². The number of benzene rings is 4. The molecule has 0 saturated carbocycles. The fourth-order valence-corrected chi connectivity index (χ4v) is 5.24. The van der Waals surface area contributed by atoms with Crippen molar-refractivity contribution in [1.29, 1.82) is 0 Å². The van der Waals surface area contributed by atoms with E-state index in [0.717, 1.165) is 40.2 Å². The third-order valence-corrected chi connectivity index (χ3v) is 8.68. The SMILES string of the molecule is CC(CCN[C-]=O)(c1ccc(OCc2ccccc2)cc1)c1ccc(OCc2ccccc2)cc1.[CH2-]CC(C[CH2-])(C(N)=O)C(=O)NCC(=O)OC.[Li+]. The van der Waals surface area contributed by atoms with E-state index in [0.29, 0.717) is 19.8 Å². The summed E-state index contributed by atoms with van der Waals surface area (Å²) in [5, 5.41) is 4.95. The maximum Gasteiger partial charge on any atom is 1.00 e. The quantitative estimate of drug-likeness (QED) is 0.0361. The molecule has 11 heteroatoms. The summed E-state index contributed by atoms with van der Waals surface area (Å²) in [6.45, 7) is 10.5. The van der Waals surface area contributed by atoms with Crippen LogP contribution in [0, 0.1) is 19.3 Å². The minimum absolute atomic E-state index is 0. The Labute approximate surface area is 319 Å². The van der Waals surface area contributed by atoms with Crippen LogP contribution in [0.3, 0.4) is 0 Å². The average Bonchev–Trinajstić information content (AvgIpc) is 3.17. The van der Waals surface area contributed by atoms with Crippen LogP contribution in [0.1, 0.15) is 48.4 Å². The molecule has 4 N–H and O–H groups in total. The van der Waals surface area contributed by atoms with Gasteiger partial charge in [-0.05, 0) is 59.5 Å². The number of nitrogens with two attached hydrogens (primary N) is 1. The van der Waals surface area contributed by atoms with E-state index in [2.05, 4.69) is 84.7 Å². The van der Waals surface area contributed by atoms with E-state index < -0.39 is 23.2 Å². The van der Waals surface area contributed by atoms with Gasteiger partial charge in [0.15, 0.2) is 0 Å². The number of nitrogens with one attached hydrogen (secondary N) is 2. The maximum atomic E-state index is 11.7. The number of methoxy groups -OCH3 is 1. The van der Waals surface area contributed by atoms with Crippen molar-refractivity contribution in [3.05, 3.63) is 145 Å². The van der Waals surface area contributed by atoms with Crippen LogP contribution in [0.5, 0.6) is 11.5 Å². The molecule has 0 aliphatic rings. The number of esters is 1. The third kappa shape index (κ3) is 12.3. The minimum Gasteiger partial charge on any atom is -0.530 e. The van der Waals surface area contributed by atoms with Gasteiger partial charge >= 0.3 is 24.8 Å². The molecule has 3 amide bonds. The molecule has 4 aromatic rings. The number of ether oxygens (including phenoxy) is 3. The predicted octanol–water partition coefficient (Wildman–Crippen LogP) is 2.40. The summed E-state index contributed by atoms with van der Waals surface area (Å²) in [5.74, 6) is -0.428. The second-order valence-electron chi connectivity index (χ2n) is 11.9.